The van der Waals surface area contributed by atoms with Gasteiger partial charge in [-0.1, -0.05) is 0 Å². The lowest BCUT2D eigenvalue weighted by Crippen LogP contribution is -2.48. The molecule has 0 radical (unpaired) electrons. The van der Waals surface area contributed by atoms with E-state index in [1.807, 2.05) is 4.90 Å². The van der Waals surface area contributed by atoms with Gasteiger partial charge in [0.25, 0.3) is 0 Å². The SMILES string of the molecule is CC1(C(=O)O)CCCN1c1ccc(C#N)cc1Br. The van der Waals surface area contributed by atoms with Crippen LogP contribution < -0.4 is 4.90 Å². The van der Waals surface area contributed by atoms with Gasteiger partial charge in [0.05, 0.1) is 17.3 Å². The Balaban J connectivity index is 2.43. The molecule has 0 amide bonds. The minimum absolute atomic E-state index is 0.557. The van der Waals surface area contributed by atoms with Crippen LogP contribution in [0, 0.1) is 11.3 Å². The van der Waals surface area contributed by atoms with Crippen LogP contribution in [0.2, 0.25) is 0 Å². The molecule has 4 nitrogen and oxygen atoms in total. The summed E-state index contributed by atoms with van der Waals surface area (Å²) >= 11 is 3.41. The first kappa shape index (κ1) is 12.9. The Hall–Kier alpha value is -1.54. The number of rotatable bonds is 2. The van der Waals surface area contributed by atoms with Gasteiger partial charge in [-0.25, -0.2) is 4.79 Å². The first-order valence-electron chi connectivity index (χ1n) is 5.70. The monoisotopic (exact) mass is 308 g/mol. The van der Waals surface area contributed by atoms with Crippen molar-refractivity contribution in [1.29, 1.82) is 5.26 Å². The normalized spacial score (nSPS) is 22.8. The molecule has 2 rings (SSSR count). The van der Waals surface area contributed by atoms with Gasteiger partial charge in [0, 0.05) is 11.0 Å². The summed E-state index contributed by atoms with van der Waals surface area (Å²) in [5, 5.41) is 18.2. The van der Waals surface area contributed by atoms with Crippen molar-refractivity contribution in [1.82, 2.24) is 0 Å². The number of carboxylic acid groups (broad SMARTS) is 1. The second kappa shape index (κ2) is 4.62. The summed E-state index contributed by atoms with van der Waals surface area (Å²) in [5.41, 5.74) is 0.523. The topological polar surface area (TPSA) is 64.3 Å². The van der Waals surface area contributed by atoms with E-state index < -0.39 is 11.5 Å². The molecule has 1 atom stereocenters. The van der Waals surface area contributed by atoms with Crippen LogP contribution in [0.25, 0.3) is 0 Å². The maximum absolute atomic E-state index is 11.4. The Morgan fingerprint density at radius 1 is 1.61 bits per heavy atom. The van der Waals surface area contributed by atoms with Crippen LogP contribution in [0.1, 0.15) is 25.3 Å². The number of carboxylic acids is 1. The largest absolute Gasteiger partial charge is 0.480 e. The lowest BCUT2D eigenvalue weighted by Gasteiger charge is -2.33. The minimum atomic E-state index is -0.864. The van der Waals surface area contributed by atoms with E-state index >= 15 is 0 Å². The van der Waals surface area contributed by atoms with Gasteiger partial charge in [-0.3, -0.25) is 0 Å². The van der Waals surface area contributed by atoms with Crippen molar-refractivity contribution in [3.63, 3.8) is 0 Å². The fourth-order valence-corrected chi connectivity index (χ4v) is 2.96. The Morgan fingerprint density at radius 2 is 2.33 bits per heavy atom. The first-order chi connectivity index (χ1) is 8.49. The third-order valence-corrected chi connectivity index (χ3v) is 4.10. The number of nitrogens with zero attached hydrogens (tertiary/aromatic N) is 2. The third-order valence-electron chi connectivity index (χ3n) is 3.47. The van der Waals surface area contributed by atoms with E-state index in [0.717, 1.165) is 16.6 Å². The van der Waals surface area contributed by atoms with Crippen molar-refractivity contribution in [3.8, 4) is 6.07 Å². The highest BCUT2D eigenvalue weighted by Gasteiger charge is 2.43. The molecule has 0 bridgehead atoms. The summed E-state index contributed by atoms with van der Waals surface area (Å²) in [6.07, 6.45) is 1.49. The van der Waals surface area contributed by atoms with E-state index in [4.69, 9.17) is 5.26 Å². The average Bonchev–Trinajstić information content (AvgIpc) is 2.72. The molecular weight excluding hydrogens is 296 g/mol. The van der Waals surface area contributed by atoms with Crippen LogP contribution in [-0.2, 0) is 4.79 Å². The molecule has 1 N–H and O–H groups in total. The van der Waals surface area contributed by atoms with E-state index in [0.29, 0.717) is 18.5 Å². The number of hydrogen-bond acceptors (Lipinski definition) is 3. The molecule has 18 heavy (non-hydrogen) atoms. The smallest absolute Gasteiger partial charge is 0.329 e. The van der Waals surface area contributed by atoms with Gasteiger partial charge in [-0.05, 0) is 53.9 Å². The molecular formula is C13H13BrN2O2. The van der Waals surface area contributed by atoms with E-state index in [9.17, 15) is 9.90 Å². The van der Waals surface area contributed by atoms with Crippen molar-refractivity contribution in [2.24, 2.45) is 0 Å². The summed E-state index contributed by atoms with van der Waals surface area (Å²) in [6.45, 7) is 2.46. The molecule has 0 saturated carbocycles. The molecule has 1 aromatic rings. The second-order valence-corrected chi connectivity index (χ2v) is 5.47. The Morgan fingerprint density at radius 3 is 2.89 bits per heavy atom. The molecule has 1 aliphatic rings. The highest BCUT2D eigenvalue weighted by Crippen LogP contribution is 2.38. The van der Waals surface area contributed by atoms with Gasteiger partial charge in [0.2, 0.25) is 0 Å². The molecule has 0 spiro atoms. The Kier molecular flexibility index (Phi) is 3.31. The Labute approximate surface area is 114 Å². The summed E-state index contributed by atoms with van der Waals surface area (Å²) in [7, 11) is 0. The van der Waals surface area contributed by atoms with Crippen LogP contribution in [0.15, 0.2) is 22.7 Å². The highest BCUT2D eigenvalue weighted by atomic mass is 79.9. The molecule has 0 aliphatic carbocycles. The van der Waals surface area contributed by atoms with Crippen molar-refractivity contribution in [3.05, 3.63) is 28.2 Å². The molecule has 0 aromatic heterocycles. The summed E-state index contributed by atoms with van der Waals surface area (Å²) in [5.74, 6) is -0.809. The number of hydrogen-bond donors (Lipinski definition) is 1. The van der Waals surface area contributed by atoms with Crippen LogP contribution in [-0.4, -0.2) is 23.2 Å². The van der Waals surface area contributed by atoms with Crippen LogP contribution >= 0.6 is 15.9 Å². The predicted molar refractivity (Wildman–Crippen MR) is 71.5 cm³/mol. The van der Waals surface area contributed by atoms with E-state index in [2.05, 4.69) is 22.0 Å². The number of benzene rings is 1. The second-order valence-electron chi connectivity index (χ2n) is 4.61. The van der Waals surface area contributed by atoms with E-state index in [1.165, 1.54) is 0 Å². The number of aliphatic carboxylic acids is 1. The minimum Gasteiger partial charge on any atom is -0.480 e. The van der Waals surface area contributed by atoms with Crippen LogP contribution in [0.5, 0.6) is 0 Å². The number of carbonyl (C=O) groups is 1. The van der Waals surface area contributed by atoms with Gasteiger partial charge in [0.15, 0.2) is 0 Å². The quantitative estimate of drug-likeness (QED) is 0.912. The van der Waals surface area contributed by atoms with Crippen molar-refractivity contribution >= 4 is 27.6 Å². The molecule has 94 valence electrons. The maximum Gasteiger partial charge on any atom is 0.329 e. The molecule has 1 fully saturated rings. The van der Waals surface area contributed by atoms with Gasteiger partial charge < -0.3 is 10.0 Å². The zero-order chi connectivity index (χ0) is 13.3. The maximum atomic E-state index is 11.4. The first-order valence-corrected chi connectivity index (χ1v) is 6.49. The van der Waals surface area contributed by atoms with Crippen molar-refractivity contribution in [2.75, 3.05) is 11.4 Å². The predicted octanol–water partition coefficient (Wildman–Crippen LogP) is 2.76. The third kappa shape index (κ3) is 1.97. The molecule has 1 heterocycles. The molecule has 1 aliphatic heterocycles. The Bertz CT molecular complexity index is 538. The van der Waals surface area contributed by atoms with Gasteiger partial charge in [0.1, 0.15) is 5.54 Å². The average molecular weight is 309 g/mol. The lowest BCUT2D eigenvalue weighted by molar-refractivity contribution is -0.142. The van der Waals surface area contributed by atoms with E-state index in [1.54, 1.807) is 25.1 Å². The number of anilines is 1. The standard InChI is InChI=1S/C13H13BrN2O2/c1-13(12(17)18)5-2-6-16(13)11-4-3-9(8-15)7-10(11)14/h3-4,7H,2,5-6H2,1H3,(H,17,18). The summed E-state index contributed by atoms with van der Waals surface area (Å²) in [6, 6.07) is 7.29. The molecule has 1 unspecified atom stereocenters. The van der Waals surface area contributed by atoms with Crippen molar-refractivity contribution < 1.29 is 9.90 Å². The van der Waals surface area contributed by atoms with E-state index in [-0.39, 0.29) is 0 Å². The van der Waals surface area contributed by atoms with Crippen LogP contribution in [0.4, 0.5) is 5.69 Å². The lowest BCUT2D eigenvalue weighted by atomic mass is 9.98. The highest BCUT2D eigenvalue weighted by molar-refractivity contribution is 9.10. The van der Waals surface area contributed by atoms with Gasteiger partial charge in [-0.15, -0.1) is 0 Å². The number of nitriles is 1. The van der Waals surface area contributed by atoms with Crippen molar-refractivity contribution in [2.45, 2.75) is 25.3 Å². The number of halogens is 1. The molecule has 1 aromatic carbocycles. The van der Waals surface area contributed by atoms with Gasteiger partial charge >= 0.3 is 5.97 Å². The molecule has 1 saturated heterocycles. The van der Waals surface area contributed by atoms with Crippen LogP contribution in [0.3, 0.4) is 0 Å². The van der Waals surface area contributed by atoms with Gasteiger partial charge in [-0.2, -0.15) is 5.26 Å². The zero-order valence-corrected chi connectivity index (χ0v) is 11.6. The zero-order valence-electron chi connectivity index (χ0n) is 9.98. The molecule has 5 heteroatoms. The fraction of sp³-hybridized carbons (Fsp3) is 0.385. The fourth-order valence-electron chi connectivity index (χ4n) is 2.37. The summed E-state index contributed by atoms with van der Waals surface area (Å²) < 4.78 is 0.760. The summed E-state index contributed by atoms with van der Waals surface area (Å²) in [4.78, 5) is 13.3.